The summed E-state index contributed by atoms with van der Waals surface area (Å²) in [7, 11) is 1.91. The number of hydrogen-bond donors (Lipinski definition) is 1. The lowest BCUT2D eigenvalue weighted by Gasteiger charge is -2.23. The Morgan fingerprint density at radius 1 is 1.44 bits per heavy atom. The molecule has 1 aromatic rings. The highest BCUT2D eigenvalue weighted by atomic mass is 16.5. The minimum absolute atomic E-state index is 0.221. The van der Waals surface area contributed by atoms with E-state index in [0.717, 1.165) is 18.9 Å². The predicted molar refractivity (Wildman–Crippen MR) is 68.1 cm³/mol. The molecule has 5 heteroatoms. The van der Waals surface area contributed by atoms with Gasteiger partial charge in [-0.1, -0.05) is 12.8 Å². The highest BCUT2D eigenvalue weighted by Crippen LogP contribution is 2.43. The molecule has 1 N–H and O–H groups in total. The van der Waals surface area contributed by atoms with Crippen LogP contribution in [0.5, 0.6) is 0 Å². The normalized spacial score (nSPS) is 26.2. The van der Waals surface area contributed by atoms with E-state index in [1.54, 1.807) is 0 Å². The molecule has 0 aromatic carbocycles. The van der Waals surface area contributed by atoms with E-state index in [0.29, 0.717) is 6.10 Å². The van der Waals surface area contributed by atoms with Crippen LogP contribution in [0.4, 0.5) is 0 Å². The molecule has 1 atom stereocenters. The molecule has 1 spiro atoms. The first-order chi connectivity index (χ1) is 8.80. The van der Waals surface area contributed by atoms with E-state index in [2.05, 4.69) is 15.4 Å². The van der Waals surface area contributed by atoms with Crippen LogP contribution >= 0.6 is 0 Å². The summed E-state index contributed by atoms with van der Waals surface area (Å²) >= 11 is 0. The summed E-state index contributed by atoms with van der Waals surface area (Å²) in [6.07, 6.45) is 9.72. The molecule has 2 fully saturated rings. The first-order valence-corrected chi connectivity index (χ1v) is 7.00. The summed E-state index contributed by atoms with van der Waals surface area (Å²) < 4.78 is 8.20. The molecule has 1 saturated carbocycles. The molecule has 3 rings (SSSR count). The molecule has 0 amide bonds. The summed E-state index contributed by atoms with van der Waals surface area (Å²) in [6, 6.07) is 0. The topological polar surface area (TPSA) is 52.0 Å². The first-order valence-electron chi connectivity index (χ1n) is 7.00. The van der Waals surface area contributed by atoms with Crippen molar-refractivity contribution in [2.24, 2.45) is 0 Å². The fourth-order valence-corrected chi connectivity index (χ4v) is 3.28. The molecule has 1 unspecified atom stereocenters. The lowest BCUT2D eigenvalue weighted by atomic mass is 9.98. The molecular formula is C13H22N4O. The molecule has 1 aromatic heterocycles. The number of ether oxygens (including phenoxy) is 1. The van der Waals surface area contributed by atoms with Crippen molar-refractivity contribution in [2.75, 3.05) is 7.05 Å². The van der Waals surface area contributed by atoms with Gasteiger partial charge in [0, 0.05) is 0 Å². The van der Waals surface area contributed by atoms with Crippen molar-refractivity contribution in [3.05, 3.63) is 12.2 Å². The maximum absolute atomic E-state index is 6.28. The van der Waals surface area contributed by atoms with Gasteiger partial charge in [0.15, 0.2) is 5.82 Å². The van der Waals surface area contributed by atoms with Gasteiger partial charge >= 0.3 is 0 Å². The van der Waals surface area contributed by atoms with E-state index >= 15 is 0 Å². The third-order valence-electron chi connectivity index (χ3n) is 4.16. The third kappa shape index (κ3) is 2.42. The van der Waals surface area contributed by atoms with Crippen LogP contribution < -0.4 is 5.32 Å². The summed E-state index contributed by atoms with van der Waals surface area (Å²) in [5.74, 6) is 0.853. The van der Waals surface area contributed by atoms with E-state index in [-0.39, 0.29) is 5.60 Å². The SMILES string of the molecule is CNCc1ncn(CC2CCC3(CCCC3)O2)n1. The molecule has 5 nitrogen and oxygen atoms in total. The molecule has 100 valence electrons. The molecule has 1 aliphatic carbocycles. The maximum atomic E-state index is 6.28. The van der Waals surface area contributed by atoms with Crippen LogP contribution in [0.3, 0.4) is 0 Å². The van der Waals surface area contributed by atoms with E-state index in [1.807, 2.05) is 18.1 Å². The Hall–Kier alpha value is -0.940. The van der Waals surface area contributed by atoms with Crippen LogP contribution in [-0.2, 0) is 17.8 Å². The molecule has 1 saturated heterocycles. The first kappa shape index (κ1) is 12.1. The van der Waals surface area contributed by atoms with Crippen LogP contribution in [0.1, 0.15) is 44.3 Å². The predicted octanol–water partition coefficient (Wildman–Crippen LogP) is 1.49. The zero-order valence-electron chi connectivity index (χ0n) is 11.1. The highest BCUT2D eigenvalue weighted by Gasteiger charge is 2.42. The van der Waals surface area contributed by atoms with E-state index in [4.69, 9.17) is 4.74 Å². The van der Waals surface area contributed by atoms with E-state index in [1.165, 1.54) is 38.5 Å². The Morgan fingerprint density at radius 2 is 2.28 bits per heavy atom. The maximum Gasteiger partial charge on any atom is 0.164 e. The number of nitrogens with zero attached hydrogens (tertiary/aromatic N) is 3. The summed E-state index contributed by atoms with van der Waals surface area (Å²) in [6.45, 7) is 1.57. The van der Waals surface area contributed by atoms with Crippen molar-refractivity contribution in [2.45, 2.75) is 63.3 Å². The Morgan fingerprint density at radius 3 is 3.06 bits per heavy atom. The minimum Gasteiger partial charge on any atom is -0.370 e. The monoisotopic (exact) mass is 250 g/mol. The van der Waals surface area contributed by atoms with Gasteiger partial charge in [0.25, 0.3) is 0 Å². The summed E-state index contributed by atoms with van der Waals surface area (Å²) in [5, 5.41) is 7.50. The quantitative estimate of drug-likeness (QED) is 0.879. The van der Waals surface area contributed by atoms with Gasteiger partial charge in [-0.3, -0.25) is 4.68 Å². The second-order valence-corrected chi connectivity index (χ2v) is 5.58. The lowest BCUT2D eigenvalue weighted by Crippen LogP contribution is -2.26. The third-order valence-corrected chi connectivity index (χ3v) is 4.16. The average molecular weight is 250 g/mol. The molecule has 0 radical (unpaired) electrons. The standard InChI is InChI=1S/C13H22N4O/c1-14-8-12-15-10-17(16-12)9-11-4-7-13(18-11)5-2-3-6-13/h10-11,14H,2-9H2,1H3. The number of rotatable bonds is 4. The van der Waals surface area contributed by atoms with Gasteiger partial charge in [-0.25, -0.2) is 4.98 Å². The Labute approximate surface area is 108 Å². The Bertz CT molecular complexity index is 397. The van der Waals surface area contributed by atoms with Crippen LogP contribution in [0.15, 0.2) is 6.33 Å². The van der Waals surface area contributed by atoms with Crippen LogP contribution in [0.2, 0.25) is 0 Å². The second kappa shape index (κ2) is 4.97. The summed E-state index contributed by atoms with van der Waals surface area (Å²) in [4.78, 5) is 4.27. The smallest absolute Gasteiger partial charge is 0.164 e. The van der Waals surface area contributed by atoms with Gasteiger partial charge in [0.05, 0.1) is 24.8 Å². The van der Waals surface area contributed by atoms with Gasteiger partial charge < -0.3 is 10.1 Å². The van der Waals surface area contributed by atoms with Crippen LogP contribution in [0, 0.1) is 0 Å². The van der Waals surface area contributed by atoms with E-state index < -0.39 is 0 Å². The van der Waals surface area contributed by atoms with Crippen LogP contribution in [0.25, 0.3) is 0 Å². The van der Waals surface area contributed by atoms with Gasteiger partial charge in [0.1, 0.15) is 6.33 Å². The molecule has 1 aliphatic heterocycles. The molecular weight excluding hydrogens is 228 g/mol. The molecule has 2 aliphatic rings. The van der Waals surface area contributed by atoms with Crippen molar-refractivity contribution in [3.8, 4) is 0 Å². The molecule has 2 heterocycles. The highest BCUT2D eigenvalue weighted by molar-refractivity contribution is 4.93. The fraction of sp³-hybridized carbons (Fsp3) is 0.846. The zero-order valence-corrected chi connectivity index (χ0v) is 11.1. The molecule has 0 bridgehead atoms. The van der Waals surface area contributed by atoms with Gasteiger partial charge in [-0.15, -0.1) is 0 Å². The van der Waals surface area contributed by atoms with Crippen molar-refractivity contribution >= 4 is 0 Å². The second-order valence-electron chi connectivity index (χ2n) is 5.58. The average Bonchev–Trinajstić information content (AvgIpc) is 3.06. The Kier molecular flexibility index (Phi) is 3.35. The Balaban J connectivity index is 1.56. The largest absolute Gasteiger partial charge is 0.370 e. The number of hydrogen-bond acceptors (Lipinski definition) is 4. The molecule has 18 heavy (non-hydrogen) atoms. The lowest BCUT2D eigenvalue weighted by molar-refractivity contribution is -0.0429. The van der Waals surface area contributed by atoms with Crippen molar-refractivity contribution in [1.82, 2.24) is 20.1 Å². The van der Waals surface area contributed by atoms with Gasteiger partial charge in [-0.2, -0.15) is 5.10 Å². The van der Waals surface area contributed by atoms with Crippen molar-refractivity contribution in [1.29, 1.82) is 0 Å². The van der Waals surface area contributed by atoms with Crippen molar-refractivity contribution in [3.63, 3.8) is 0 Å². The van der Waals surface area contributed by atoms with Crippen LogP contribution in [-0.4, -0.2) is 33.5 Å². The minimum atomic E-state index is 0.221. The number of nitrogens with one attached hydrogen (secondary N) is 1. The fourth-order valence-electron chi connectivity index (χ4n) is 3.28. The summed E-state index contributed by atoms with van der Waals surface area (Å²) in [5.41, 5.74) is 0.221. The zero-order chi connectivity index (χ0) is 12.4. The van der Waals surface area contributed by atoms with E-state index in [9.17, 15) is 0 Å². The number of aromatic nitrogens is 3. The van der Waals surface area contributed by atoms with Gasteiger partial charge in [0.2, 0.25) is 0 Å². The van der Waals surface area contributed by atoms with Gasteiger partial charge in [-0.05, 0) is 32.7 Å². The van der Waals surface area contributed by atoms with Crippen molar-refractivity contribution < 1.29 is 4.74 Å².